The zero-order chi connectivity index (χ0) is 33.0. The number of carbonyl (C=O) groups excluding carboxylic acids is 1. The topological polar surface area (TPSA) is 88.8 Å². The molecule has 0 bridgehead atoms. The van der Waals surface area contributed by atoms with Gasteiger partial charge in [-0.2, -0.15) is 0 Å². The molecule has 0 amide bonds. The SMILES string of the molecule is COc1ccc(C)c(-c2cc(C)c(F)c([C@H](CC(=O)O)CC(=O)C(CC(C)C)n3cc(CCN4CCC4)c(C)cc3=O)c2)c1C. The lowest BCUT2D eigenvalue weighted by Gasteiger charge is -2.31. The Kier molecular flexibility index (Phi) is 11.0. The van der Waals surface area contributed by atoms with Crippen LogP contribution in [0.2, 0.25) is 0 Å². The highest BCUT2D eigenvalue weighted by molar-refractivity contribution is 5.84. The molecule has 8 heteroatoms. The van der Waals surface area contributed by atoms with Crippen LogP contribution in [0.5, 0.6) is 5.75 Å². The summed E-state index contributed by atoms with van der Waals surface area (Å²) in [5.41, 5.74) is 5.69. The molecular formula is C37H47FN2O5. The van der Waals surface area contributed by atoms with Gasteiger partial charge in [0, 0.05) is 31.1 Å². The van der Waals surface area contributed by atoms with E-state index >= 15 is 4.39 Å². The number of Topliss-reactive ketones (excluding diaryl/α,β-unsaturated/α-hetero) is 1. The lowest BCUT2D eigenvalue weighted by Crippen LogP contribution is -2.38. The molecular weight excluding hydrogens is 571 g/mol. The molecule has 7 nitrogen and oxygen atoms in total. The summed E-state index contributed by atoms with van der Waals surface area (Å²) in [6.07, 6.45) is 3.58. The molecule has 0 saturated carbocycles. The molecule has 2 aromatic carbocycles. The maximum atomic E-state index is 15.9. The van der Waals surface area contributed by atoms with Gasteiger partial charge in [-0.1, -0.05) is 19.9 Å². The van der Waals surface area contributed by atoms with E-state index in [0.29, 0.717) is 17.7 Å². The Balaban J connectivity index is 1.74. The summed E-state index contributed by atoms with van der Waals surface area (Å²) >= 11 is 0. The van der Waals surface area contributed by atoms with Crippen LogP contribution in [0.25, 0.3) is 11.1 Å². The second-order valence-corrected chi connectivity index (χ2v) is 13.1. The molecule has 1 aliphatic heterocycles. The third kappa shape index (κ3) is 7.90. The van der Waals surface area contributed by atoms with Crippen LogP contribution in [0.1, 0.15) is 84.9 Å². The molecule has 1 unspecified atom stereocenters. The van der Waals surface area contributed by atoms with Crippen LogP contribution in [0.15, 0.2) is 41.3 Å². The molecule has 0 radical (unpaired) electrons. The highest BCUT2D eigenvalue weighted by Gasteiger charge is 2.30. The van der Waals surface area contributed by atoms with Crippen molar-refractivity contribution in [2.75, 3.05) is 26.7 Å². The number of rotatable bonds is 14. The zero-order valence-corrected chi connectivity index (χ0v) is 27.7. The van der Waals surface area contributed by atoms with Gasteiger partial charge in [0.1, 0.15) is 11.6 Å². The average Bonchev–Trinajstić information content (AvgIpc) is 2.93. The summed E-state index contributed by atoms with van der Waals surface area (Å²) in [7, 11) is 1.60. The van der Waals surface area contributed by atoms with E-state index in [0.717, 1.165) is 59.4 Å². The van der Waals surface area contributed by atoms with Gasteiger partial charge in [0.25, 0.3) is 5.56 Å². The number of aromatic nitrogens is 1. The third-order valence-corrected chi connectivity index (χ3v) is 9.17. The first-order valence-electron chi connectivity index (χ1n) is 15.9. The van der Waals surface area contributed by atoms with Crippen molar-refractivity contribution in [1.82, 2.24) is 9.47 Å². The number of ether oxygens (including phenoxy) is 1. The Hall–Kier alpha value is -3.78. The standard InChI is InChI=1S/C37H47FN2O5/c1-22(2)15-31(40-21-27(24(4)17-34(40)42)11-14-39-12-8-13-39)32(41)19-28(20-35(43)44)30-18-29(16-25(5)37(30)38)36-23(3)9-10-33(45-7)26(36)6/h9-10,16-18,21-22,28,31H,8,11-15,19-20H2,1-7H3,(H,43,44)/t28-,31?/m0/s1. The van der Waals surface area contributed by atoms with Gasteiger partial charge in [0.05, 0.1) is 19.6 Å². The summed E-state index contributed by atoms with van der Waals surface area (Å²) in [5, 5.41) is 9.89. The first kappa shape index (κ1) is 34.1. The first-order valence-corrected chi connectivity index (χ1v) is 15.9. The fraction of sp³-hybridized carbons (Fsp3) is 0.486. The van der Waals surface area contributed by atoms with Gasteiger partial charge in [-0.05, 0) is 129 Å². The van der Waals surface area contributed by atoms with E-state index in [-0.39, 0.29) is 29.2 Å². The van der Waals surface area contributed by atoms with Crippen LogP contribution in [0, 0.1) is 39.4 Å². The highest BCUT2D eigenvalue weighted by Crippen LogP contribution is 2.38. The van der Waals surface area contributed by atoms with Crippen molar-refractivity contribution in [2.24, 2.45) is 5.92 Å². The third-order valence-electron chi connectivity index (χ3n) is 9.17. The Labute approximate surface area is 266 Å². The summed E-state index contributed by atoms with van der Waals surface area (Å²) in [6.45, 7) is 14.5. The van der Waals surface area contributed by atoms with Crippen molar-refractivity contribution in [3.63, 3.8) is 0 Å². The molecule has 2 heterocycles. The Bertz CT molecular complexity index is 1620. The van der Waals surface area contributed by atoms with Crippen molar-refractivity contribution < 1.29 is 23.8 Å². The number of methoxy groups -OCH3 is 1. The van der Waals surface area contributed by atoms with Gasteiger partial charge in [-0.15, -0.1) is 0 Å². The number of carboxylic acid groups (broad SMARTS) is 1. The molecule has 1 saturated heterocycles. The number of hydrogen-bond donors (Lipinski definition) is 1. The van der Waals surface area contributed by atoms with E-state index in [2.05, 4.69) is 4.90 Å². The fourth-order valence-electron chi connectivity index (χ4n) is 6.53. The smallest absolute Gasteiger partial charge is 0.303 e. The van der Waals surface area contributed by atoms with Crippen LogP contribution in [-0.4, -0.2) is 53.1 Å². The number of carboxylic acids is 1. The van der Waals surface area contributed by atoms with Gasteiger partial charge >= 0.3 is 5.97 Å². The molecule has 45 heavy (non-hydrogen) atoms. The number of benzene rings is 2. The lowest BCUT2D eigenvalue weighted by molar-refractivity contribution is -0.137. The van der Waals surface area contributed by atoms with Crippen LogP contribution in [0.3, 0.4) is 0 Å². The van der Waals surface area contributed by atoms with Gasteiger partial charge in [-0.3, -0.25) is 14.4 Å². The number of nitrogens with zero attached hydrogens (tertiary/aromatic N) is 2. The van der Waals surface area contributed by atoms with E-state index < -0.39 is 30.2 Å². The van der Waals surface area contributed by atoms with E-state index in [4.69, 9.17) is 4.74 Å². The maximum absolute atomic E-state index is 15.9. The monoisotopic (exact) mass is 618 g/mol. The van der Waals surface area contributed by atoms with E-state index in [9.17, 15) is 19.5 Å². The molecule has 4 rings (SSSR count). The summed E-state index contributed by atoms with van der Waals surface area (Å²) in [6, 6.07) is 8.06. The average molecular weight is 619 g/mol. The van der Waals surface area contributed by atoms with Crippen molar-refractivity contribution in [2.45, 2.75) is 85.6 Å². The molecule has 0 aliphatic carbocycles. The number of aryl methyl sites for hydroxylation is 3. The fourth-order valence-corrected chi connectivity index (χ4v) is 6.53. The van der Waals surface area contributed by atoms with Crippen molar-refractivity contribution >= 4 is 11.8 Å². The van der Waals surface area contributed by atoms with Crippen LogP contribution >= 0.6 is 0 Å². The number of halogens is 1. The second-order valence-electron chi connectivity index (χ2n) is 13.1. The van der Waals surface area contributed by atoms with Crippen molar-refractivity contribution in [3.05, 3.63) is 86.1 Å². The van der Waals surface area contributed by atoms with Crippen LogP contribution in [0.4, 0.5) is 4.39 Å². The van der Waals surface area contributed by atoms with Gasteiger partial charge in [-0.25, -0.2) is 4.39 Å². The number of likely N-dealkylation sites (tertiary alicyclic amines) is 1. The molecule has 242 valence electrons. The lowest BCUT2D eigenvalue weighted by atomic mass is 9.83. The number of aliphatic carboxylic acids is 1. The van der Waals surface area contributed by atoms with E-state index in [1.165, 1.54) is 11.0 Å². The second kappa shape index (κ2) is 14.5. The highest BCUT2D eigenvalue weighted by atomic mass is 19.1. The predicted molar refractivity (Wildman–Crippen MR) is 176 cm³/mol. The molecule has 1 N–H and O–H groups in total. The Morgan fingerprint density at radius 1 is 1.00 bits per heavy atom. The van der Waals surface area contributed by atoms with Crippen molar-refractivity contribution in [3.8, 4) is 16.9 Å². The number of carbonyl (C=O) groups is 2. The molecule has 1 aromatic heterocycles. The van der Waals surface area contributed by atoms with Gasteiger partial charge in [0.2, 0.25) is 0 Å². The largest absolute Gasteiger partial charge is 0.496 e. The minimum atomic E-state index is -1.12. The summed E-state index contributed by atoms with van der Waals surface area (Å²) in [5.74, 6) is -2.04. The minimum absolute atomic E-state index is 0.0935. The molecule has 1 fully saturated rings. The van der Waals surface area contributed by atoms with Crippen molar-refractivity contribution in [1.29, 1.82) is 0 Å². The maximum Gasteiger partial charge on any atom is 0.303 e. The van der Waals surface area contributed by atoms with Gasteiger partial charge in [0.15, 0.2) is 5.78 Å². The quantitative estimate of drug-likeness (QED) is 0.210. The predicted octanol–water partition coefficient (Wildman–Crippen LogP) is 6.95. The molecule has 2 atom stereocenters. The minimum Gasteiger partial charge on any atom is -0.496 e. The molecule has 3 aromatic rings. The summed E-state index contributed by atoms with van der Waals surface area (Å²) < 4.78 is 22.9. The van der Waals surface area contributed by atoms with Crippen LogP contribution < -0.4 is 10.3 Å². The van der Waals surface area contributed by atoms with E-state index in [1.807, 2.05) is 52.9 Å². The van der Waals surface area contributed by atoms with Gasteiger partial charge < -0.3 is 19.3 Å². The molecule has 1 aliphatic rings. The Morgan fingerprint density at radius 2 is 1.71 bits per heavy atom. The first-order chi connectivity index (χ1) is 21.3. The Morgan fingerprint density at radius 3 is 2.31 bits per heavy atom. The number of ketones is 1. The van der Waals surface area contributed by atoms with Crippen LogP contribution in [-0.2, 0) is 16.0 Å². The number of hydrogen-bond acceptors (Lipinski definition) is 5. The number of pyridine rings is 1. The normalized spacial score (nSPS) is 14.7. The summed E-state index contributed by atoms with van der Waals surface area (Å²) in [4.78, 5) is 41.9. The zero-order valence-electron chi connectivity index (χ0n) is 27.7. The molecule has 0 spiro atoms. The van der Waals surface area contributed by atoms with E-state index in [1.54, 1.807) is 32.2 Å².